The predicted molar refractivity (Wildman–Crippen MR) is 69.4 cm³/mol. The topological polar surface area (TPSA) is 72.6 Å². The second-order valence-corrected chi connectivity index (χ2v) is 5.08. The van der Waals surface area contributed by atoms with Crippen molar-refractivity contribution in [2.24, 2.45) is 5.73 Å². The Labute approximate surface area is 111 Å². The van der Waals surface area contributed by atoms with Gasteiger partial charge >= 0.3 is 0 Å². The standard InChI is InChI=1S/C14H16N2O3/c1-8(15)9-2-4-10(5-3-9)16-13(17)11-6-7-12(19-11)14(16)18/h2-5,8,11-12H,6-7,15H2,1H3. The molecule has 3 unspecified atom stereocenters. The highest BCUT2D eigenvalue weighted by molar-refractivity contribution is 6.19. The average Bonchev–Trinajstić information content (AvgIpc) is 2.84. The van der Waals surface area contributed by atoms with Crippen LogP contribution in [0.1, 0.15) is 31.4 Å². The fourth-order valence-corrected chi connectivity index (χ4v) is 2.58. The Hall–Kier alpha value is -1.72. The van der Waals surface area contributed by atoms with Crippen molar-refractivity contribution >= 4 is 17.5 Å². The van der Waals surface area contributed by atoms with E-state index in [1.165, 1.54) is 4.90 Å². The molecule has 1 aromatic carbocycles. The molecule has 2 N–H and O–H groups in total. The Morgan fingerprint density at radius 2 is 1.68 bits per heavy atom. The number of ether oxygens (including phenoxy) is 1. The lowest BCUT2D eigenvalue weighted by Crippen LogP contribution is -2.52. The molecular weight excluding hydrogens is 244 g/mol. The first-order valence-electron chi connectivity index (χ1n) is 6.47. The summed E-state index contributed by atoms with van der Waals surface area (Å²) in [6.07, 6.45) is 0.333. The number of hydrogen-bond acceptors (Lipinski definition) is 4. The van der Waals surface area contributed by atoms with Gasteiger partial charge in [0.05, 0.1) is 5.69 Å². The number of hydrogen-bond donors (Lipinski definition) is 1. The number of imide groups is 1. The van der Waals surface area contributed by atoms with Crippen molar-refractivity contribution in [1.82, 2.24) is 0 Å². The van der Waals surface area contributed by atoms with Gasteiger partial charge in [-0.05, 0) is 37.5 Å². The molecule has 2 saturated heterocycles. The maximum Gasteiger partial charge on any atom is 0.262 e. The minimum atomic E-state index is -0.462. The van der Waals surface area contributed by atoms with Crippen molar-refractivity contribution < 1.29 is 14.3 Å². The molecule has 2 bridgehead atoms. The molecule has 0 aliphatic carbocycles. The van der Waals surface area contributed by atoms with E-state index in [-0.39, 0.29) is 17.9 Å². The largest absolute Gasteiger partial charge is 0.355 e. The third-order valence-electron chi connectivity index (χ3n) is 3.69. The zero-order valence-corrected chi connectivity index (χ0v) is 10.7. The van der Waals surface area contributed by atoms with Gasteiger partial charge in [0.25, 0.3) is 11.8 Å². The third kappa shape index (κ3) is 1.95. The molecule has 2 amide bonds. The summed E-state index contributed by atoms with van der Waals surface area (Å²) in [6, 6.07) is 7.15. The molecular formula is C14H16N2O3. The zero-order valence-electron chi connectivity index (χ0n) is 10.7. The number of anilines is 1. The fourth-order valence-electron chi connectivity index (χ4n) is 2.58. The molecule has 2 aliphatic heterocycles. The van der Waals surface area contributed by atoms with Crippen molar-refractivity contribution in [2.45, 2.75) is 38.0 Å². The van der Waals surface area contributed by atoms with Crippen LogP contribution in [0.25, 0.3) is 0 Å². The summed E-state index contributed by atoms with van der Waals surface area (Å²) in [6.45, 7) is 1.89. The van der Waals surface area contributed by atoms with E-state index in [9.17, 15) is 9.59 Å². The van der Waals surface area contributed by atoms with Crippen molar-refractivity contribution in [3.63, 3.8) is 0 Å². The molecule has 19 heavy (non-hydrogen) atoms. The van der Waals surface area contributed by atoms with E-state index < -0.39 is 12.2 Å². The van der Waals surface area contributed by atoms with Gasteiger partial charge in [0.1, 0.15) is 12.2 Å². The van der Waals surface area contributed by atoms with Crippen LogP contribution in [0.4, 0.5) is 5.69 Å². The van der Waals surface area contributed by atoms with Crippen LogP contribution < -0.4 is 10.6 Å². The number of nitrogens with two attached hydrogens (primary N) is 1. The molecule has 2 heterocycles. The van der Waals surface area contributed by atoms with Crippen LogP contribution in [0, 0.1) is 0 Å². The van der Waals surface area contributed by atoms with Crippen molar-refractivity contribution in [1.29, 1.82) is 0 Å². The van der Waals surface area contributed by atoms with E-state index in [4.69, 9.17) is 10.5 Å². The third-order valence-corrected chi connectivity index (χ3v) is 3.69. The lowest BCUT2D eigenvalue weighted by Gasteiger charge is -2.30. The summed E-state index contributed by atoms with van der Waals surface area (Å²) in [5.41, 5.74) is 7.35. The molecule has 2 fully saturated rings. The summed E-state index contributed by atoms with van der Waals surface area (Å²) in [7, 11) is 0. The number of fused-ring (bicyclic) bond motifs is 2. The van der Waals surface area contributed by atoms with Gasteiger partial charge in [-0.1, -0.05) is 12.1 Å². The summed E-state index contributed by atoms with van der Waals surface area (Å²) < 4.78 is 5.37. The van der Waals surface area contributed by atoms with Crippen molar-refractivity contribution in [3.05, 3.63) is 29.8 Å². The Morgan fingerprint density at radius 3 is 2.16 bits per heavy atom. The van der Waals surface area contributed by atoms with E-state index in [1.54, 1.807) is 12.1 Å². The van der Waals surface area contributed by atoms with Crippen LogP contribution in [0.2, 0.25) is 0 Å². The quantitative estimate of drug-likeness (QED) is 0.809. The number of nitrogens with zero attached hydrogens (tertiary/aromatic N) is 1. The van der Waals surface area contributed by atoms with Crippen molar-refractivity contribution in [2.75, 3.05) is 4.90 Å². The Kier molecular flexibility index (Phi) is 2.88. The van der Waals surface area contributed by atoms with E-state index in [1.807, 2.05) is 19.1 Å². The van der Waals surface area contributed by atoms with Gasteiger partial charge in [0.2, 0.25) is 0 Å². The first kappa shape index (κ1) is 12.3. The molecule has 0 spiro atoms. The van der Waals surface area contributed by atoms with Crippen LogP contribution in [-0.2, 0) is 14.3 Å². The Bertz CT molecular complexity index is 502. The van der Waals surface area contributed by atoms with Crippen LogP contribution in [-0.4, -0.2) is 24.0 Å². The van der Waals surface area contributed by atoms with E-state index in [0.717, 1.165) is 5.56 Å². The molecule has 0 saturated carbocycles. The minimum absolute atomic E-state index is 0.0682. The average molecular weight is 260 g/mol. The maximum absolute atomic E-state index is 12.2. The number of rotatable bonds is 2. The number of morpholine rings is 1. The fraction of sp³-hybridized carbons (Fsp3) is 0.429. The normalized spacial score (nSPS) is 27.8. The molecule has 2 aliphatic rings. The van der Waals surface area contributed by atoms with Gasteiger partial charge in [-0.25, -0.2) is 4.90 Å². The lowest BCUT2D eigenvalue weighted by molar-refractivity contribution is -0.146. The summed E-state index contributed by atoms with van der Waals surface area (Å²) in [4.78, 5) is 25.6. The highest BCUT2D eigenvalue weighted by atomic mass is 16.5. The predicted octanol–water partition coefficient (Wildman–Crippen LogP) is 1.13. The Morgan fingerprint density at radius 1 is 1.16 bits per heavy atom. The van der Waals surface area contributed by atoms with E-state index in [2.05, 4.69) is 0 Å². The number of amides is 2. The second kappa shape index (κ2) is 4.43. The van der Waals surface area contributed by atoms with E-state index >= 15 is 0 Å². The van der Waals surface area contributed by atoms with Crippen molar-refractivity contribution in [3.8, 4) is 0 Å². The number of carbonyl (C=O) groups excluding carboxylic acids is 2. The summed E-state index contributed by atoms with van der Waals surface area (Å²) in [5, 5.41) is 0. The number of carbonyl (C=O) groups is 2. The van der Waals surface area contributed by atoms with Gasteiger partial charge in [0.15, 0.2) is 0 Å². The summed E-state index contributed by atoms with van der Waals surface area (Å²) in [5.74, 6) is -0.514. The van der Waals surface area contributed by atoms with Gasteiger partial charge < -0.3 is 10.5 Å². The highest BCUT2D eigenvalue weighted by Crippen LogP contribution is 2.32. The molecule has 3 rings (SSSR count). The molecule has 5 nitrogen and oxygen atoms in total. The lowest BCUT2D eigenvalue weighted by atomic mass is 10.1. The zero-order chi connectivity index (χ0) is 13.6. The maximum atomic E-state index is 12.2. The van der Waals surface area contributed by atoms with E-state index in [0.29, 0.717) is 18.5 Å². The second-order valence-electron chi connectivity index (χ2n) is 5.08. The molecule has 0 aromatic heterocycles. The molecule has 3 atom stereocenters. The smallest absolute Gasteiger partial charge is 0.262 e. The molecule has 100 valence electrons. The number of benzene rings is 1. The first-order valence-corrected chi connectivity index (χ1v) is 6.47. The van der Waals surface area contributed by atoms with Crippen LogP contribution in [0.15, 0.2) is 24.3 Å². The van der Waals surface area contributed by atoms with Gasteiger partial charge in [0, 0.05) is 6.04 Å². The van der Waals surface area contributed by atoms with Gasteiger partial charge in [-0.3, -0.25) is 9.59 Å². The highest BCUT2D eigenvalue weighted by Gasteiger charge is 2.47. The van der Waals surface area contributed by atoms with Crippen LogP contribution in [0.5, 0.6) is 0 Å². The minimum Gasteiger partial charge on any atom is -0.355 e. The molecule has 1 aromatic rings. The first-order chi connectivity index (χ1) is 9.08. The monoisotopic (exact) mass is 260 g/mol. The van der Waals surface area contributed by atoms with Crippen LogP contribution in [0.3, 0.4) is 0 Å². The molecule has 5 heteroatoms. The van der Waals surface area contributed by atoms with Gasteiger partial charge in [-0.15, -0.1) is 0 Å². The summed E-state index contributed by atoms with van der Waals surface area (Å²) >= 11 is 0. The van der Waals surface area contributed by atoms with Crippen LogP contribution >= 0.6 is 0 Å². The Balaban J connectivity index is 1.92. The van der Waals surface area contributed by atoms with Gasteiger partial charge in [-0.2, -0.15) is 0 Å². The molecule has 0 radical (unpaired) electrons. The SMILES string of the molecule is CC(N)c1ccc(N2C(=O)C3CCC(O3)C2=O)cc1.